The van der Waals surface area contributed by atoms with Crippen LogP contribution in [0.25, 0.3) is 11.1 Å². The Morgan fingerprint density at radius 3 is 2.38 bits per heavy atom. The average molecular weight is 383 g/mol. The summed E-state index contributed by atoms with van der Waals surface area (Å²) in [4.78, 5) is 4.58. The maximum Gasteiger partial charge on any atom is 0.142 e. The standard InChI is InChI=1S/C25H25N3O/c26-16-22-24(21-10-6-1-2-7-11-23(21)28-25(22)27)19-12-14-20(15-13-19)29-17-18-8-4-3-5-9-18/h3-5,8-9,12-15H,1-2,6-7,10-11,17H2,(H2,27,28). The van der Waals surface area contributed by atoms with Gasteiger partial charge in [-0.25, -0.2) is 4.98 Å². The molecule has 0 fully saturated rings. The molecule has 0 radical (unpaired) electrons. The molecule has 0 spiro atoms. The van der Waals surface area contributed by atoms with Gasteiger partial charge in [0.1, 0.15) is 29.8 Å². The minimum Gasteiger partial charge on any atom is -0.489 e. The molecule has 0 unspecified atom stereocenters. The number of rotatable bonds is 4. The average Bonchev–Trinajstić information content (AvgIpc) is 2.74. The van der Waals surface area contributed by atoms with Crippen LogP contribution in [0.15, 0.2) is 54.6 Å². The van der Waals surface area contributed by atoms with E-state index in [1.807, 2.05) is 54.6 Å². The van der Waals surface area contributed by atoms with Crippen molar-refractivity contribution in [3.8, 4) is 22.9 Å². The van der Waals surface area contributed by atoms with Crippen molar-refractivity contribution in [3.63, 3.8) is 0 Å². The Kier molecular flexibility index (Phi) is 5.76. The molecular weight excluding hydrogens is 358 g/mol. The first-order valence-electron chi connectivity index (χ1n) is 10.2. The highest BCUT2D eigenvalue weighted by Crippen LogP contribution is 2.35. The largest absolute Gasteiger partial charge is 0.489 e. The van der Waals surface area contributed by atoms with Crippen molar-refractivity contribution in [2.45, 2.75) is 45.1 Å². The monoisotopic (exact) mass is 383 g/mol. The van der Waals surface area contributed by atoms with Gasteiger partial charge in [-0.3, -0.25) is 0 Å². The molecule has 1 aromatic heterocycles. The summed E-state index contributed by atoms with van der Waals surface area (Å²) in [6, 6.07) is 20.4. The molecule has 0 aliphatic heterocycles. The Balaban J connectivity index is 1.66. The van der Waals surface area contributed by atoms with Gasteiger partial charge in [-0.1, -0.05) is 55.3 Å². The first-order chi connectivity index (χ1) is 14.3. The van der Waals surface area contributed by atoms with Gasteiger partial charge in [-0.2, -0.15) is 5.26 Å². The second kappa shape index (κ2) is 8.79. The fourth-order valence-corrected chi connectivity index (χ4v) is 4.01. The molecule has 4 heteroatoms. The van der Waals surface area contributed by atoms with E-state index in [1.165, 1.54) is 18.4 Å². The van der Waals surface area contributed by atoms with Gasteiger partial charge in [0.15, 0.2) is 0 Å². The number of ether oxygens (including phenoxy) is 1. The third kappa shape index (κ3) is 4.25. The van der Waals surface area contributed by atoms with Crippen LogP contribution in [0.3, 0.4) is 0 Å². The quantitative estimate of drug-likeness (QED) is 0.651. The summed E-state index contributed by atoms with van der Waals surface area (Å²) >= 11 is 0. The van der Waals surface area contributed by atoms with Crippen molar-refractivity contribution in [1.82, 2.24) is 4.98 Å². The van der Waals surface area contributed by atoms with Crippen LogP contribution in [0.1, 0.15) is 48.1 Å². The summed E-state index contributed by atoms with van der Waals surface area (Å²) in [6.45, 7) is 0.529. The zero-order valence-electron chi connectivity index (χ0n) is 16.5. The van der Waals surface area contributed by atoms with E-state index in [1.54, 1.807) is 0 Å². The topological polar surface area (TPSA) is 71.9 Å². The van der Waals surface area contributed by atoms with E-state index in [9.17, 15) is 5.26 Å². The molecule has 29 heavy (non-hydrogen) atoms. The number of aryl methyl sites for hydroxylation is 1. The van der Waals surface area contributed by atoms with Gasteiger partial charge < -0.3 is 10.5 Å². The predicted molar refractivity (Wildman–Crippen MR) is 115 cm³/mol. The second-order valence-electron chi connectivity index (χ2n) is 7.50. The second-order valence-corrected chi connectivity index (χ2v) is 7.50. The fourth-order valence-electron chi connectivity index (χ4n) is 4.01. The summed E-state index contributed by atoms with van der Waals surface area (Å²) in [7, 11) is 0. The number of fused-ring (bicyclic) bond motifs is 1. The lowest BCUT2D eigenvalue weighted by atomic mass is 9.88. The van der Waals surface area contributed by atoms with E-state index in [-0.39, 0.29) is 0 Å². The number of hydrogen-bond acceptors (Lipinski definition) is 4. The van der Waals surface area contributed by atoms with Gasteiger partial charge in [0.05, 0.1) is 0 Å². The Morgan fingerprint density at radius 2 is 1.66 bits per heavy atom. The van der Waals surface area contributed by atoms with Crippen LogP contribution in [0.4, 0.5) is 5.82 Å². The highest BCUT2D eigenvalue weighted by Gasteiger charge is 2.20. The Labute approximate surface area is 172 Å². The predicted octanol–water partition coefficient (Wildman–Crippen LogP) is 5.44. The molecule has 3 aromatic rings. The molecule has 146 valence electrons. The molecular formula is C25H25N3O. The van der Waals surface area contributed by atoms with Gasteiger partial charge in [-0.15, -0.1) is 0 Å². The van der Waals surface area contributed by atoms with E-state index < -0.39 is 0 Å². The van der Waals surface area contributed by atoms with Crippen LogP contribution in [-0.4, -0.2) is 4.98 Å². The lowest BCUT2D eigenvalue weighted by molar-refractivity contribution is 0.306. The van der Waals surface area contributed by atoms with E-state index in [0.717, 1.165) is 53.8 Å². The highest BCUT2D eigenvalue weighted by atomic mass is 16.5. The van der Waals surface area contributed by atoms with Crippen molar-refractivity contribution in [3.05, 3.63) is 77.0 Å². The van der Waals surface area contributed by atoms with Crippen LogP contribution in [0, 0.1) is 11.3 Å². The molecule has 2 aromatic carbocycles. The number of nitrogens with two attached hydrogens (primary N) is 1. The number of benzene rings is 2. The first-order valence-corrected chi connectivity index (χ1v) is 10.2. The number of aromatic nitrogens is 1. The maximum absolute atomic E-state index is 9.76. The van der Waals surface area contributed by atoms with Gasteiger partial charge in [0, 0.05) is 11.3 Å². The molecule has 4 nitrogen and oxygen atoms in total. The summed E-state index contributed by atoms with van der Waals surface area (Å²) in [5.74, 6) is 1.15. The number of pyridine rings is 1. The highest BCUT2D eigenvalue weighted by molar-refractivity contribution is 5.79. The summed E-state index contributed by atoms with van der Waals surface area (Å²) in [5, 5.41) is 9.76. The Morgan fingerprint density at radius 1 is 0.931 bits per heavy atom. The maximum atomic E-state index is 9.76. The number of nitrogens with zero attached hydrogens (tertiary/aromatic N) is 2. The normalized spacial score (nSPS) is 13.6. The zero-order chi connectivity index (χ0) is 20.1. The minimum absolute atomic E-state index is 0.339. The molecule has 4 rings (SSSR count). The number of anilines is 1. The lowest BCUT2D eigenvalue weighted by Gasteiger charge is -2.20. The van der Waals surface area contributed by atoms with Crippen molar-refractivity contribution in [1.29, 1.82) is 5.26 Å². The molecule has 1 heterocycles. The number of nitrogen functional groups attached to an aromatic ring is 1. The number of nitriles is 1. The summed E-state index contributed by atoms with van der Waals surface area (Å²) in [5.41, 5.74) is 12.0. The molecule has 0 atom stereocenters. The van der Waals surface area contributed by atoms with Crippen LogP contribution < -0.4 is 10.5 Å². The van der Waals surface area contributed by atoms with Gasteiger partial charge in [0.2, 0.25) is 0 Å². The molecule has 0 saturated carbocycles. The van der Waals surface area contributed by atoms with Gasteiger partial charge in [-0.05, 0) is 54.5 Å². The molecule has 1 aliphatic rings. The number of hydrogen-bond donors (Lipinski definition) is 1. The molecule has 0 bridgehead atoms. The van der Waals surface area contributed by atoms with Crippen LogP contribution in [0.2, 0.25) is 0 Å². The SMILES string of the molecule is N#Cc1c(N)nc2c(c1-c1ccc(OCc3ccccc3)cc1)CCCCCC2. The lowest BCUT2D eigenvalue weighted by Crippen LogP contribution is -2.10. The van der Waals surface area contributed by atoms with E-state index >= 15 is 0 Å². The fraction of sp³-hybridized carbons (Fsp3) is 0.280. The van der Waals surface area contributed by atoms with E-state index in [2.05, 4.69) is 11.1 Å². The summed E-state index contributed by atoms with van der Waals surface area (Å²) < 4.78 is 5.91. The van der Waals surface area contributed by atoms with Crippen molar-refractivity contribution in [2.24, 2.45) is 0 Å². The first kappa shape index (κ1) is 19.0. The molecule has 1 aliphatic carbocycles. The van der Waals surface area contributed by atoms with Crippen molar-refractivity contribution in [2.75, 3.05) is 5.73 Å². The third-order valence-electron chi connectivity index (χ3n) is 5.51. The molecule has 0 amide bonds. The smallest absolute Gasteiger partial charge is 0.142 e. The van der Waals surface area contributed by atoms with Crippen LogP contribution in [0.5, 0.6) is 5.75 Å². The van der Waals surface area contributed by atoms with Crippen LogP contribution >= 0.6 is 0 Å². The van der Waals surface area contributed by atoms with Crippen molar-refractivity contribution >= 4 is 5.82 Å². The zero-order valence-corrected chi connectivity index (χ0v) is 16.5. The van der Waals surface area contributed by atoms with Gasteiger partial charge >= 0.3 is 0 Å². The molecule has 2 N–H and O–H groups in total. The van der Waals surface area contributed by atoms with Crippen LogP contribution in [-0.2, 0) is 19.4 Å². The minimum atomic E-state index is 0.339. The molecule has 0 saturated heterocycles. The van der Waals surface area contributed by atoms with E-state index in [4.69, 9.17) is 10.5 Å². The van der Waals surface area contributed by atoms with E-state index in [0.29, 0.717) is 18.0 Å². The Hall–Kier alpha value is -3.32. The summed E-state index contributed by atoms with van der Waals surface area (Å²) in [6.07, 6.45) is 6.56. The Bertz CT molecular complexity index is 1020. The third-order valence-corrected chi connectivity index (χ3v) is 5.51. The van der Waals surface area contributed by atoms with Gasteiger partial charge in [0.25, 0.3) is 0 Å². The van der Waals surface area contributed by atoms with Crippen molar-refractivity contribution < 1.29 is 4.74 Å².